The van der Waals surface area contributed by atoms with Gasteiger partial charge >= 0.3 is 0 Å². The summed E-state index contributed by atoms with van der Waals surface area (Å²) in [5, 5.41) is 4.19. The maximum absolute atomic E-state index is 12.0. The van der Waals surface area contributed by atoms with Gasteiger partial charge in [-0.05, 0) is 38.5 Å². The van der Waals surface area contributed by atoms with Crippen molar-refractivity contribution in [2.24, 2.45) is 5.73 Å². The summed E-state index contributed by atoms with van der Waals surface area (Å²) >= 11 is 0. The molecule has 0 radical (unpaired) electrons. The number of nitrogens with two attached hydrogens (primary N) is 1. The molecule has 1 unspecified atom stereocenters. The molecule has 3 aromatic heterocycles. The van der Waals surface area contributed by atoms with Gasteiger partial charge in [-0.1, -0.05) is 23.4 Å². The lowest BCUT2D eigenvalue weighted by atomic mass is 10.0. The summed E-state index contributed by atoms with van der Waals surface area (Å²) in [6.45, 7) is 5.87. The molecule has 0 amide bonds. The van der Waals surface area contributed by atoms with Crippen molar-refractivity contribution in [1.29, 1.82) is 0 Å². The minimum absolute atomic E-state index is 0.0493. The van der Waals surface area contributed by atoms with E-state index in [2.05, 4.69) is 15.1 Å². The molecule has 1 atom stereocenters. The van der Waals surface area contributed by atoms with Crippen LogP contribution in [0.3, 0.4) is 0 Å². The predicted molar refractivity (Wildman–Crippen MR) is 116 cm³/mol. The molecular weight excluding hydrogens is 378 g/mol. The molecule has 30 heavy (non-hydrogen) atoms. The van der Waals surface area contributed by atoms with Crippen molar-refractivity contribution in [1.82, 2.24) is 19.7 Å². The van der Waals surface area contributed by atoms with E-state index in [1.54, 1.807) is 35.3 Å². The predicted octanol–water partition coefficient (Wildman–Crippen LogP) is 4.23. The number of nitrogens with zero attached hydrogens (tertiary/aromatic N) is 4. The monoisotopic (exact) mass is 401 g/mol. The summed E-state index contributed by atoms with van der Waals surface area (Å²) in [6.07, 6.45) is 5.09. The van der Waals surface area contributed by atoms with E-state index in [-0.39, 0.29) is 17.6 Å². The van der Waals surface area contributed by atoms with Crippen LogP contribution in [0, 0.1) is 0 Å². The van der Waals surface area contributed by atoms with Gasteiger partial charge in [0, 0.05) is 41.5 Å². The molecule has 0 fully saturated rings. The van der Waals surface area contributed by atoms with Crippen molar-refractivity contribution >= 4 is 0 Å². The zero-order valence-corrected chi connectivity index (χ0v) is 17.1. The number of rotatable bonds is 5. The Morgan fingerprint density at radius 3 is 2.53 bits per heavy atom. The van der Waals surface area contributed by atoms with Gasteiger partial charge in [-0.3, -0.25) is 9.78 Å². The molecule has 7 heteroatoms. The van der Waals surface area contributed by atoms with Gasteiger partial charge in [-0.15, -0.1) is 0 Å². The molecule has 0 aliphatic carbocycles. The summed E-state index contributed by atoms with van der Waals surface area (Å²) in [5.41, 5.74) is 10.6. The van der Waals surface area contributed by atoms with Crippen LogP contribution in [0.2, 0.25) is 0 Å². The van der Waals surface area contributed by atoms with Gasteiger partial charge in [-0.25, -0.2) is 4.98 Å². The minimum Gasteiger partial charge on any atom is -0.354 e. The van der Waals surface area contributed by atoms with E-state index in [1.165, 1.54) is 0 Å². The van der Waals surface area contributed by atoms with E-state index in [1.807, 2.05) is 51.1 Å². The molecule has 0 bridgehead atoms. The van der Waals surface area contributed by atoms with Gasteiger partial charge in [0.2, 0.25) is 0 Å². The third-order valence-electron chi connectivity index (χ3n) is 4.90. The molecule has 0 saturated heterocycles. The first-order valence-corrected chi connectivity index (χ1v) is 9.80. The van der Waals surface area contributed by atoms with Crippen LogP contribution in [0.5, 0.6) is 0 Å². The average Bonchev–Trinajstić information content (AvgIpc) is 3.24. The van der Waals surface area contributed by atoms with Gasteiger partial charge < -0.3 is 14.8 Å². The second kappa shape index (κ2) is 8.04. The first kappa shape index (κ1) is 19.7. The van der Waals surface area contributed by atoms with Crippen LogP contribution < -0.4 is 11.3 Å². The summed E-state index contributed by atoms with van der Waals surface area (Å²) in [4.78, 5) is 21.0. The highest BCUT2D eigenvalue weighted by Crippen LogP contribution is 2.27. The summed E-state index contributed by atoms with van der Waals surface area (Å²) in [6, 6.07) is 13.0. The summed E-state index contributed by atoms with van der Waals surface area (Å²) < 4.78 is 7.21. The highest BCUT2D eigenvalue weighted by Gasteiger charge is 2.13. The zero-order valence-electron chi connectivity index (χ0n) is 17.1. The molecule has 2 N–H and O–H groups in total. The van der Waals surface area contributed by atoms with Gasteiger partial charge in [0.15, 0.2) is 5.76 Å². The Hall–Kier alpha value is -3.58. The number of aromatic nitrogens is 4. The maximum Gasteiger partial charge on any atom is 0.250 e. The minimum atomic E-state index is -0.0621. The Bertz CT molecular complexity index is 1240. The quantitative estimate of drug-likeness (QED) is 0.537. The lowest BCUT2D eigenvalue weighted by Crippen LogP contribution is -2.20. The number of hydrogen-bond donors (Lipinski definition) is 1. The topological polar surface area (TPSA) is 99.8 Å². The van der Waals surface area contributed by atoms with Crippen LogP contribution >= 0.6 is 0 Å². The molecule has 152 valence electrons. The normalized spacial score (nSPS) is 12.3. The molecule has 0 saturated carbocycles. The van der Waals surface area contributed by atoms with Crippen molar-refractivity contribution in [2.45, 2.75) is 32.9 Å². The Morgan fingerprint density at radius 2 is 1.77 bits per heavy atom. The van der Waals surface area contributed by atoms with Gasteiger partial charge in [0.1, 0.15) is 11.4 Å². The number of pyridine rings is 1. The van der Waals surface area contributed by atoms with E-state index >= 15 is 0 Å². The van der Waals surface area contributed by atoms with E-state index in [0.29, 0.717) is 22.8 Å². The lowest BCUT2D eigenvalue weighted by molar-refractivity contribution is 0.433. The smallest absolute Gasteiger partial charge is 0.250 e. The third kappa shape index (κ3) is 3.92. The van der Waals surface area contributed by atoms with Crippen LogP contribution in [0.1, 0.15) is 38.4 Å². The average molecular weight is 401 g/mol. The Balaban J connectivity index is 1.68. The second-order valence-electron chi connectivity index (χ2n) is 7.54. The molecule has 3 heterocycles. The third-order valence-corrected chi connectivity index (χ3v) is 4.90. The Kier molecular flexibility index (Phi) is 5.29. The first-order chi connectivity index (χ1) is 14.4. The van der Waals surface area contributed by atoms with Crippen LogP contribution in [0.4, 0.5) is 0 Å². The maximum atomic E-state index is 12.0. The van der Waals surface area contributed by atoms with Gasteiger partial charge in [0.05, 0.1) is 18.1 Å². The second-order valence-corrected chi connectivity index (χ2v) is 7.54. The molecule has 4 aromatic rings. The molecule has 0 aliphatic heterocycles. The lowest BCUT2D eigenvalue weighted by Gasteiger charge is -2.11. The van der Waals surface area contributed by atoms with Crippen molar-refractivity contribution in [3.05, 3.63) is 77.0 Å². The first-order valence-electron chi connectivity index (χ1n) is 9.80. The highest BCUT2D eigenvalue weighted by molar-refractivity contribution is 5.67. The van der Waals surface area contributed by atoms with E-state index in [0.717, 1.165) is 16.7 Å². The van der Waals surface area contributed by atoms with E-state index in [9.17, 15) is 4.79 Å². The molecule has 0 aliphatic rings. The van der Waals surface area contributed by atoms with Crippen LogP contribution in [0.25, 0.3) is 34.0 Å². The Morgan fingerprint density at radius 1 is 0.967 bits per heavy atom. The number of benzene rings is 1. The molecule has 1 aromatic carbocycles. The van der Waals surface area contributed by atoms with E-state index < -0.39 is 0 Å². The molecule has 0 spiro atoms. The largest absolute Gasteiger partial charge is 0.354 e. The fourth-order valence-corrected chi connectivity index (χ4v) is 3.20. The van der Waals surface area contributed by atoms with Crippen molar-refractivity contribution in [2.75, 3.05) is 0 Å². The summed E-state index contributed by atoms with van der Waals surface area (Å²) in [7, 11) is 0. The Labute approximate surface area is 174 Å². The van der Waals surface area contributed by atoms with E-state index in [4.69, 9.17) is 10.3 Å². The van der Waals surface area contributed by atoms with Gasteiger partial charge in [-0.2, -0.15) is 0 Å². The fraction of sp³-hybridized carbons (Fsp3) is 0.217. The van der Waals surface area contributed by atoms with Crippen LogP contribution in [0.15, 0.2) is 70.4 Å². The molecular formula is C23H23N5O2. The fourth-order valence-electron chi connectivity index (χ4n) is 3.20. The highest BCUT2D eigenvalue weighted by atomic mass is 16.5. The summed E-state index contributed by atoms with van der Waals surface area (Å²) in [5.74, 6) is 0.516. The SMILES string of the molecule is CC(N)c1cccc(-c2cc(-c3cncc(-c4ccc(=O)n(C(C)C)c4)n3)on2)c1. The molecule has 7 nitrogen and oxygen atoms in total. The van der Waals surface area contributed by atoms with Crippen molar-refractivity contribution < 1.29 is 4.52 Å². The zero-order chi connectivity index (χ0) is 21.3. The van der Waals surface area contributed by atoms with Gasteiger partial charge in [0.25, 0.3) is 5.56 Å². The van der Waals surface area contributed by atoms with Crippen LogP contribution in [-0.2, 0) is 0 Å². The van der Waals surface area contributed by atoms with Crippen molar-refractivity contribution in [3.8, 4) is 34.0 Å². The molecule has 4 rings (SSSR count). The number of hydrogen-bond acceptors (Lipinski definition) is 6. The van der Waals surface area contributed by atoms with Crippen LogP contribution in [-0.4, -0.2) is 19.7 Å². The standard InChI is InChI=1S/C23H23N5O2/c1-14(2)28-13-18(7-8-23(28)29)20-11-25-12-21(26-20)22-10-19(27-30-22)17-6-4-5-16(9-17)15(3)24/h4-15H,24H2,1-3H3. The van der Waals surface area contributed by atoms with Crippen molar-refractivity contribution in [3.63, 3.8) is 0 Å².